The van der Waals surface area contributed by atoms with Crippen molar-refractivity contribution in [2.45, 2.75) is 13.8 Å². The molecule has 0 aliphatic heterocycles. The lowest BCUT2D eigenvalue weighted by molar-refractivity contribution is 0.412. The molecule has 1 heterocycles. The number of hydrogen-bond donors (Lipinski definition) is 1. The first-order valence-electron chi connectivity index (χ1n) is 4.99. The highest BCUT2D eigenvalue weighted by Gasteiger charge is 2.10. The highest BCUT2D eigenvalue weighted by atomic mass is 16.5. The maximum Gasteiger partial charge on any atom is 0.292 e. The van der Waals surface area contributed by atoms with Crippen LogP contribution >= 0.6 is 0 Å². The lowest BCUT2D eigenvalue weighted by Gasteiger charge is -2.05. The van der Waals surface area contributed by atoms with E-state index >= 15 is 0 Å². The van der Waals surface area contributed by atoms with Crippen LogP contribution < -0.4 is 10.5 Å². The SMILES string of the molecule is COc1ccc(-c2nc(N)oc2C)cc1C. The van der Waals surface area contributed by atoms with E-state index in [0.717, 1.165) is 28.3 Å². The van der Waals surface area contributed by atoms with Crippen molar-refractivity contribution in [1.29, 1.82) is 0 Å². The number of rotatable bonds is 2. The molecule has 0 amide bonds. The van der Waals surface area contributed by atoms with Gasteiger partial charge in [0.15, 0.2) is 0 Å². The Morgan fingerprint density at radius 1 is 1.31 bits per heavy atom. The Labute approximate surface area is 94.1 Å². The Morgan fingerprint density at radius 3 is 2.56 bits per heavy atom. The number of oxazole rings is 1. The maximum absolute atomic E-state index is 5.51. The van der Waals surface area contributed by atoms with Crippen LogP contribution in [-0.2, 0) is 0 Å². The summed E-state index contributed by atoms with van der Waals surface area (Å²) in [5.41, 5.74) is 8.33. The molecule has 2 rings (SSSR count). The summed E-state index contributed by atoms with van der Waals surface area (Å²) in [4.78, 5) is 4.15. The molecule has 4 heteroatoms. The third-order valence-electron chi connectivity index (χ3n) is 2.48. The van der Waals surface area contributed by atoms with E-state index in [1.165, 1.54) is 0 Å². The molecule has 0 unspecified atom stereocenters. The minimum atomic E-state index is 0.195. The Balaban J connectivity index is 2.49. The van der Waals surface area contributed by atoms with E-state index in [0.29, 0.717) is 0 Å². The van der Waals surface area contributed by atoms with Gasteiger partial charge in [-0.25, -0.2) is 0 Å². The maximum atomic E-state index is 5.51. The summed E-state index contributed by atoms with van der Waals surface area (Å²) in [7, 11) is 1.65. The standard InChI is InChI=1S/C12H14N2O2/c1-7-6-9(4-5-10(7)15-3)11-8(2)16-12(13)14-11/h4-6H,1-3H3,(H2,13,14). The zero-order valence-corrected chi connectivity index (χ0v) is 9.57. The average Bonchev–Trinajstić information content (AvgIpc) is 2.58. The summed E-state index contributed by atoms with van der Waals surface area (Å²) in [6.45, 7) is 3.83. The Kier molecular flexibility index (Phi) is 2.56. The normalized spacial score (nSPS) is 10.4. The molecular weight excluding hydrogens is 204 g/mol. The summed E-state index contributed by atoms with van der Waals surface area (Å²) < 4.78 is 10.4. The molecule has 0 saturated carbocycles. The van der Waals surface area contributed by atoms with Crippen LogP contribution in [0.3, 0.4) is 0 Å². The molecule has 1 aromatic carbocycles. The Bertz CT molecular complexity index is 518. The molecule has 2 aromatic rings. The Hall–Kier alpha value is -1.97. The molecule has 0 aliphatic rings. The minimum absolute atomic E-state index is 0.195. The van der Waals surface area contributed by atoms with E-state index < -0.39 is 0 Å². The van der Waals surface area contributed by atoms with Gasteiger partial charge in [0.1, 0.15) is 17.2 Å². The molecule has 0 saturated heterocycles. The molecule has 0 fully saturated rings. The topological polar surface area (TPSA) is 61.3 Å². The van der Waals surface area contributed by atoms with Crippen LogP contribution in [0, 0.1) is 13.8 Å². The first-order valence-corrected chi connectivity index (χ1v) is 4.99. The molecule has 0 spiro atoms. The van der Waals surface area contributed by atoms with Crippen LogP contribution in [0.2, 0.25) is 0 Å². The van der Waals surface area contributed by atoms with Crippen LogP contribution in [-0.4, -0.2) is 12.1 Å². The average molecular weight is 218 g/mol. The quantitative estimate of drug-likeness (QED) is 0.841. The summed E-state index contributed by atoms with van der Waals surface area (Å²) in [5, 5.41) is 0. The van der Waals surface area contributed by atoms with Crippen molar-refractivity contribution in [3.63, 3.8) is 0 Å². The molecule has 0 atom stereocenters. The van der Waals surface area contributed by atoms with Crippen molar-refractivity contribution in [3.8, 4) is 17.0 Å². The molecule has 1 aromatic heterocycles. The van der Waals surface area contributed by atoms with Crippen LogP contribution in [0.5, 0.6) is 5.75 Å². The fourth-order valence-electron chi connectivity index (χ4n) is 1.71. The lowest BCUT2D eigenvalue weighted by Crippen LogP contribution is -1.89. The van der Waals surface area contributed by atoms with Gasteiger partial charge in [-0.3, -0.25) is 0 Å². The molecule has 4 nitrogen and oxygen atoms in total. The molecule has 0 aliphatic carbocycles. The van der Waals surface area contributed by atoms with Gasteiger partial charge in [-0.05, 0) is 37.6 Å². The van der Waals surface area contributed by atoms with E-state index in [4.69, 9.17) is 14.9 Å². The largest absolute Gasteiger partial charge is 0.496 e. The first kappa shape index (κ1) is 10.5. The van der Waals surface area contributed by atoms with E-state index in [9.17, 15) is 0 Å². The third-order valence-corrected chi connectivity index (χ3v) is 2.48. The van der Waals surface area contributed by atoms with Crippen molar-refractivity contribution in [1.82, 2.24) is 4.98 Å². The highest BCUT2D eigenvalue weighted by Crippen LogP contribution is 2.28. The number of nitrogens with zero attached hydrogens (tertiary/aromatic N) is 1. The number of aryl methyl sites for hydroxylation is 2. The van der Waals surface area contributed by atoms with Crippen molar-refractivity contribution in [2.24, 2.45) is 0 Å². The third kappa shape index (κ3) is 1.74. The smallest absolute Gasteiger partial charge is 0.292 e. The van der Waals surface area contributed by atoms with Gasteiger partial charge in [-0.2, -0.15) is 4.98 Å². The zero-order valence-electron chi connectivity index (χ0n) is 9.57. The lowest BCUT2D eigenvalue weighted by atomic mass is 10.1. The van der Waals surface area contributed by atoms with Gasteiger partial charge in [0.05, 0.1) is 7.11 Å². The van der Waals surface area contributed by atoms with Crippen LogP contribution in [0.1, 0.15) is 11.3 Å². The van der Waals surface area contributed by atoms with Crippen molar-refractivity contribution < 1.29 is 9.15 Å². The van der Waals surface area contributed by atoms with E-state index in [1.807, 2.05) is 32.0 Å². The second-order valence-electron chi connectivity index (χ2n) is 3.64. The summed E-state index contributed by atoms with van der Waals surface area (Å²) in [6, 6.07) is 6.05. The van der Waals surface area contributed by atoms with Gasteiger partial charge in [0.25, 0.3) is 6.01 Å². The number of hydrogen-bond acceptors (Lipinski definition) is 4. The summed E-state index contributed by atoms with van der Waals surface area (Å²) in [5.74, 6) is 1.58. The molecule has 0 radical (unpaired) electrons. The number of methoxy groups -OCH3 is 1. The second kappa shape index (κ2) is 3.89. The van der Waals surface area contributed by atoms with Crippen molar-refractivity contribution in [3.05, 3.63) is 29.5 Å². The molecule has 16 heavy (non-hydrogen) atoms. The number of benzene rings is 1. The van der Waals surface area contributed by atoms with Gasteiger partial charge < -0.3 is 14.9 Å². The number of anilines is 1. The highest BCUT2D eigenvalue weighted by molar-refractivity contribution is 5.64. The minimum Gasteiger partial charge on any atom is -0.496 e. The Morgan fingerprint density at radius 2 is 2.06 bits per heavy atom. The van der Waals surface area contributed by atoms with Gasteiger partial charge in [-0.1, -0.05) is 0 Å². The predicted molar refractivity (Wildman–Crippen MR) is 62.4 cm³/mol. The first-order chi connectivity index (χ1) is 7.61. The number of nitrogen functional groups attached to an aromatic ring is 1. The van der Waals surface area contributed by atoms with E-state index in [1.54, 1.807) is 7.11 Å². The molecule has 84 valence electrons. The van der Waals surface area contributed by atoms with E-state index in [2.05, 4.69) is 4.98 Å². The van der Waals surface area contributed by atoms with Crippen LogP contribution in [0.25, 0.3) is 11.3 Å². The summed E-state index contributed by atoms with van der Waals surface area (Å²) in [6.07, 6.45) is 0. The summed E-state index contributed by atoms with van der Waals surface area (Å²) >= 11 is 0. The number of nitrogens with two attached hydrogens (primary N) is 1. The van der Waals surface area contributed by atoms with Gasteiger partial charge in [0.2, 0.25) is 0 Å². The van der Waals surface area contributed by atoms with Gasteiger partial charge in [0, 0.05) is 5.56 Å². The zero-order chi connectivity index (χ0) is 11.7. The fraction of sp³-hybridized carbons (Fsp3) is 0.250. The number of ether oxygens (including phenoxy) is 1. The molecular formula is C12H14N2O2. The van der Waals surface area contributed by atoms with Gasteiger partial charge in [-0.15, -0.1) is 0 Å². The molecule has 2 N–H and O–H groups in total. The van der Waals surface area contributed by atoms with Crippen LogP contribution in [0.15, 0.2) is 22.6 Å². The fourth-order valence-corrected chi connectivity index (χ4v) is 1.71. The monoisotopic (exact) mass is 218 g/mol. The van der Waals surface area contributed by atoms with Crippen molar-refractivity contribution in [2.75, 3.05) is 12.8 Å². The van der Waals surface area contributed by atoms with Crippen LogP contribution in [0.4, 0.5) is 6.01 Å². The van der Waals surface area contributed by atoms with Gasteiger partial charge >= 0.3 is 0 Å². The second-order valence-corrected chi connectivity index (χ2v) is 3.64. The van der Waals surface area contributed by atoms with E-state index in [-0.39, 0.29) is 6.01 Å². The molecule has 0 bridgehead atoms. The van der Waals surface area contributed by atoms with Crippen molar-refractivity contribution >= 4 is 6.01 Å². The number of aromatic nitrogens is 1. The predicted octanol–water partition coefficient (Wildman–Crippen LogP) is 2.55.